The molecule has 2 atom stereocenters. The highest BCUT2D eigenvalue weighted by molar-refractivity contribution is 7.10. The summed E-state index contributed by atoms with van der Waals surface area (Å²) >= 11 is 7.88. The Morgan fingerprint density at radius 1 is 1.19 bits per heavy atom. The lowest BCUT2D eigenvalue weighted by molar-refractivity contribution is -0.135. The van der Waals surface area contributed by atoms with Crippen LogP contribution >= 0.6 is 22.9 Å². The van der Waals surface area contributed by atoms with Gasteiger partial charge in [0.05, 0.1) is 12.1 Å². The molecule has 5 rings (SSSR count). The van der Waals surface area contributed by atoms with Crippen molar-refractivity contribution in [3.63, 3.8) is 0 Å². The van der Waals surface area contributed by atoms with Crippen LogP contribution in [0.25, 0.3) is 0 Å². The molecule has 2 aromatic carbocycles. The van der Waals surface area contributed by atoms with Crippen molar-refractivity contribution in [3.05, 3.63) is 86.6 Å². The monoisotopic (exact) mass is 538 g/mol. The van der Waals surface area contributed by atoms with Gasteiger partial charge in [0.15, 0.2) is 0 Å². The third-order valence-electron chi connectivity index (χ3n) is 6.98. The predicted octanol–water partition coefficient (Wildman–Crippen LogP) is 5.54. The van der Waals surface area contributed by atoms with E-state index in [1.54, 1.807) is 40.5 Å². The van der Waals surface area contributed by atoms with E-state index >= 15 is 0 Å². The summed E-state index contributed by atoms with van der Waals surface area (Å²) in [5.41, 5.74) is 2.76. The molecule has 2 aliphatic heterocycles. The smallest absolute Gasteiger partial charge is 0.254 e. The Hall–Kier alpha value is -2.87. The largest absolute Gasteiger partial charge is 0.491 e. The molecule has 194 valence electrons. The van der Waals surface area contributed by atoms with Gasteiger partial charge in [-0.15, -0.1) is 11.3 Å². The molecule has 37 heavy (non-hydrogen) atoms. The number of carbonyl (C=O) groups excluding carboxylic acids is 2. The summed E-state index contributed by atoms with van der Waals surface area (Å²) in [4.78, 5) is 32.1. The van der Waals surface area contributed by atoms with E-state index in [2.05, 4.69) is 11.4 Å². The quantitative estimate of drug-likeness (QED) is 0.378. The van der Waals surface area contributed by atoms with E-state index in [1.807, 2.05) is 36.1 Å². The van der Waals surface area contributed by atoms with Crippen molar-refractivity contribution in [2.75, 3.05) is 32.8 Å². The van der Waals surface area contributed by atoms with Crippen molar-refractivity contribution >= 4 is 34.8 Å². The van der Waals surface area contributed by atoms with E-state index in [1.165, 1.54) is 4.88 Å². The number of aryl methyl sites for hydroxylation is 1. The Bertz CT molecular complexity index is 1240. The summed E-state index contributed by atoms with van der Waals surface area (Å²) in [7, 11) is 0. The molecule has 1 saturated heterocycles. The summed E-state index contributed by atoms with van der Waals surface area (Å²) in [5.74, 6) is 0.464. The van der Waals surface area contributed by atoms with Crippen LogP contribution in [0, 0.1) is 6.92 Å². The third kappa shape index (κ3) is 6.17. The lowest BCUT2D eigenvalue weighted by Gasteiger charge is -2.37. The maximum absolute atomic E-state index is 13.8. The van der Waals surface area contributed by atoms with Gasteiger partial charge in [-0.25, -0.2) is 0 Å². The maximum Gasteiger partial charge on any atom is 0.254 e. The number of ether oxygens (including phenoxy) is 2. The minimum absolute atomic E-state index is 0.0221. The molecule has 2 aliphatic rings. The fraction of sp³-hybridized carbons (Fsp3) is 0.379. The van der Waals surface area contributed by atoms with Crippen molar-refractivity contribution in [1.82, 2.24) is 9.80 Å². The number of rotatable bonds is 8. The van der Waals surface area contributed by atoms with E-state index in [0.717, 1.165) is 36.1 Å². The molecular formula is C29H31ClN2O4S. The molecule has 6 nitrogen and oxygen atoms in total. The van der Waals surface area contributed by atoms with Gasteiger partial charge in [0.25, 0.3) is 5.91 Å². The highest BCUT2D eigenvalue weighted by Gasteiger charge is 2.34. The second kappa shape index (κ2) is 11.7. The van der Waals surface area contributed by atoms with Crippen molar-refractivity contribution in [2.45, 2.75) is 38.3 Å². The highest BCUT2D eigenvalue weighted by atomic mass is 35.5. The van der Waals surface area contributed by atoms with Gasteiger partial charge < -0.3 is 19.3 Å². The average molecular weight is 539 g/mol. The Morgan fingerprint density at radius 3 is 2.78 bits per heavy atom. The van der Waals surface area contributed by atoms with E-state index in [9.17, 15) is 9.59 Å². The predicted molar refractivity (Wildman–Crippen MR) is 145 cm³/mol. The molecule has 1 fully saturated rings. The SMILES string of the molecule is Cc1ccc(OC[C@@H]2c3ccsc3CCN2C(=O)CN(C[C@H]2CCCO2)C(=O)c2cccc(Cl)c2)cc1. The lowest BCUT2D eigenvalue weighted by Crippen LogP contribution is -2.49. The zero-order chi connectivity index (χ0) is 25.8. The Balaban J connectivity index is 1.35. The summed E-state index contributed by atoms with van der Waals surface area (Å²) in [6.07, 6.45) is 2.57. The second-order valence-electron chi connectivity index (χ2n) is 9.61. The Kier molecular flexibility index (Phi) is 8.13. The van der Waals surface area contributed by atoms with Crippen molar-refractivity contribution in [2.24, 2.45) is 0 Å². The van der Waals surface area contributed by atoms with Crippen LogP contribution in [0.3, 0.4) is 0 Å². The lowest BCUT2D eigenvalue weighted by atomic mass is 10.00. The number of fused-ring (bicyclic) bond motifs is 1. The third-order valence-corrected chi connectivity index (χ3v) is 8.21. The molecule has 0 unspecified atom stereocenters. The number of hydrogen-bond acceptors (Lipinski definition) is 5. The van der Waals surface area contributed by atoms with E-state index < -0.39 is 0 Å². The molecule has 0 spiro atoms. The van der Waals surface area contributed by atoms with Crippen molar-refractivity contribution < 1.29 is 19.1 Å². The van der Waals surface area contributed by atoms with Crippen LogP contribution < -0.4 is 4.74 Å². The van der Waals surface area contributed by atoms with Crippen LogP contribution in [0.5, 0.6) is 5.75 Å². The number of amides is 2. The van der Waals surface area contributed by atoms with Crippen LogP contribution in [0.1, 0.15) is 45.2 Å². The molecule has 0 aliphatic carbocycles. The fourth-order valence-corrected chi connectivity index (χ4v) is 6.11. The van der Waals surface area contributed by atoms with Crippen LogP contribution in [0.4, 0.5) is 0 Å². The number of nitrogens with zero attached hydrogens (tertiary/aromatic N) is 2. The fourth-order valence-electron chi connectivity index (χ4n) is 5.00. The minimum atomic E-state index is -0.216. The van der Waals surface area contributed by atoms with Gasteiger partial charge in [-0.3, -0.25) is 9.59 Å². The summed E-state index contributed by atoms with van der Waals surface area (Å²) in [5, 5.41) is 2.56. The molecular weight excluding hydrogens is 508 g/mol. The zero-order valence-corrected chi connectivity index (χ0v) is 22.5. The van der Waals surface area contributed by atoms with E-state index in [0.29, 0.717) is 36.9 Å². The molecule has 1 aromatic heterocycles. The van der Waals surface area contributed by atoms with Crippen LogP contribution in [0.2, 0.25) is 5.02 Å². The first-order valence-corrected chi connectivity index (χ1v) is 14.0. The zero-order valence-electron chi connectivity index (χ0n) is 20.9. The molecule has 2 amide bonds. The van der Waals surface area contributed by atoms with Crippen LogP contribution in [0.15, 0.2) is 60.0 Å². The number of benzene rings is 2. The number of halogens is 1. The normalized spacial score (nSPS) is 18.9. The summed E-state index contributed by atoms with van der Waals surface area (Å²) in [6.45, 7) is 4.02. The van der Waals surface area contributed by atoms with Crippen molar-refractivity contribution in [1.29, 1.82) is 0 Å². The van der Waals surface area contributed by atoms with Gasteiger partial charge >= 0.3 is 0 Å². The molecule has 8 heteroatoms. The maximum atomic E-state index is 13.8. The first-order valence-electron chi connectivity index (χ1n) is 12.7. The summed E-state index contributed by atoms with van der Waals surface area (Å²) in [6, 6.07) is 16.7. The van der Waals surface area contributed by atoms with E-state index in [4.69, 9.17) is 21.1 Å². The van der Waals surface area contributed by atoms with E-state index in [-0.39, 0.29) is 30.5 Å². The number of hydrogen-bond donors (Lipinski definition) is 0. The van der Waals surface area contributed by atoms with Gasteiger partial charge in [0.2, 0.25) is 5.91 Å². The molecule has 3 aromatic rings. The summed E-state index contributed by atoms with van der Waals surface area (Å²) < 4.78 is 12.0. The van der Waals surface area contributed by atoms with Crippen LogP contribution in [-0.2, 0) is 16.0 Å². The van der Waals surface area contributed by atoms with Gasteiger partial charge in [0, 0.05) is 35.2 Å². The topological polar surface area (TPSA) is 59.1 Å². The van der Waals surface area contributed by atoms with Gasteiger partial charge in [0.1, 0.15) is 18.9 Å². The Labute approximate surface area is 226 Å². The Morgan fingerprint density at radius 2 is 2.03 bits per heavy atom. The minimum Gasteiger partial charge on any atom is -0.491 e. The van der Waals surface area contributed by atoms with Gasteiger partial charge in [-0.2, -0.15) is 0 Å². The molecule has 3 heterocycles. The second-order valence-corrected chi connectivity index (χ2v) is 11.0. The first kappa shape index (κ1) is 25.8. The van der Waals surface area contributed by atoms with Gasteiger partial charge in [-0.1, -0.05) is 35.4 Å². The van der Waals surface area contributed by atoms with Gasteiger partial charge in [-0.05, 0) is 73.5 Å². The molecule has 0 radical (unpaired) electrons. The first-order chi connectivity index (χ1) is 18.0. The van der Waals surface area contributed by atoms with Crippen molar-refractivity contribution in [3.8, 4) is 5.75 Å². The average Bonchev–Trinajstić information content (AvgIpc) is 3.59. The highest BCUT2D eigenvalue weighted by Crippen LogP contribution is 2.34. The molecule has 0 N–H and O–H groups in total. The number of thiophene rings is 1. The standard InChI is InChI=1S/C29H31ClN2O4S/c1-20-7-9-23(10-8-20)36-19-26-25-12-15-37-27(25)11-13-32(26)28(33)18-31(17-24-6-3-14-35-24)29(34)21-4-2-5-22(30)16-21/h2,4-5,7-10,12,15-16,24,26H,3,6,11,13-14,17-19H2,1H3/t24-,26-/m1/s1. The number of carbonyl (C=O) groups is 2. The molecule has 0 saturated carbocycles. The molecule has 0 bridgehead atoms. The van der Waals surface area contributed by atoms with Crippen LogP contribution in [-0.4, -0.2) is 60.6 Å².